The minimum Gasteiger partial charge on any atom is -0.489 e. The standard InChI is InChI=1S/C29H26F3N3O3/c30-29(31,32)17-12-15(11-16(13-17)28(33)8-9-28)1-3-20-25-21-14-18(2-5-22(21)38-26(20)25)37-23-7-10-34-27-19(23)4-6-24(36)35-27/h2,5,7,10-14,20,25-26H,1,3-4,6,8-9,33H2,(H,34,35,36)/t20-,25+,26+/m0/s1. The molecule has 1 amide bonds. The summed E-state index contributed by atoms with van der Waals surface area (Å²) >= 11 is 0. The van der Waals surface area contributed by atoms with Crippen molar-refractivity contribution < 1.29 is 27.4 Å². The van der Waals surface area contributed by atoms with Gasteiger partial charge in [-0.2, -0.15) is 13.2 Å². The molecule has 2 aliphatic heterocycles. The second-order valence-corrected chi connectivity index (χ2v) is 10.9. The first-order valence-electron chi connectivity index (χ1n) is 12.9. The van der Waals surface area contributed by atoms with Gasteiger partial charge in [0.25, 0.3) is 0 Å². The summed E-state index contributed by atoms with van der Waals surface area (Å²) in [5.74, 6) is 3.08. The average molecular weight is 522 g/mol. The number of rotatable bonds is 6. The number of carbonyl (C=O) groups excluding carboxylic acids is 1. The number of ether oxygens (including phenoxy) is 2. The predicted octanol–water partition coefficient (Wildman–Crippen LogP) is 5.83. The Bertz CT molecular complexity index is 1440. The number of nitrogens with one attached hydrogen (secondary N) is 1. The molecule has 0 bridgehead atoms. The van der Waals surface area contributed by atoms with Gasteiger partial charge in [-0.3, -0.25) is 4.79 Å². The van der Waals surface area contributed by atoms with Crippen LogP contribution in [0.25, 0.3) is 0 Å². The summed E-state index contributed by atoms with van der Waals surface area (Å²) in [6.07, 6.45) is 0.899. The van der Waals surface area contributed by atoms with Gasteiger partial charge in [-0.1, -0.05) is 6.07 Å². The van der Waals surface area contributed by atoms with Crippen LogP contribution in [0.1, 0.15) is 59.4 Å². The number of aromatic nitrogens is 1. The van der Waals surface area contributed by atoms with E-state index < -0.39 is 17.3 Å². The largest absolute Gasteiger partial charge is 0.489 e. The van der Waals surface area contributed by atoms with E-state index >= 15 is 0 Å². The smallest absolute Gasteiger partial charge is 0.416 e. The number of fused-ring (bicyclic) bond motifs is 4. The molecule has 3 heterocycles. The van der Waals surface area contributed by atoms with Crippen LogP contribution >= 0.6 is 0 Å². The number of anilines is 1. The van der Waals surface area contributed by atoms with Crippen molar-refractivity contribution in [2.45, 2.75) is 62.3 Å². The molecule has 0 spiro atoms. The highest BCUT2D eigenvalue weighted by Gasteiger charge is 2.58. The molecule has 9 heteroatoms. The van der Waals surface area contributed by atoms with Crippen LogP contribution in [0.15, 0.2) is 48.7 Å². The Morgan fingerprint density at radius 2 is 1.97 bits per heavy atom. The number of benzene rings is 2. The van der Waals surface area contributed by atoms with Gasteiger partial charge in [0.1, 0.15) is 29.2 Å². The second-order valence-electron chi connectivity index (χ2n) is 10.9. The van der Waals surface area contributed by atoms with E-state index in [2.05, 4.69) is 10.3 Å². The number of hydrogen-bond donors (Lipinski definition) is 2. The van der Waals surface area contributed by atoms with Crippen LogP contribution in [0.4, 0.5) is 19.0 Å². The number of halogens is 3. The van der Waals surface area contributed by atoms with Crippen LogP contribution in [0, 0.1) is 5.92 Å². The number of alkyl halides is 3. The topological polar surface area (TPSA) is 86.5 Å². The van der Waals surface area contributed by atoms with Gasteiger partial charge >= 0.3 is 6.18 Å². The van der Waals surface area contributed by atoms with Crippen molar-refractivity contribution in [2.24, 2.45) is 11.7 Å². The van der Waals surface area contributed by atoms with Crippen molar-refractivity contribution >= 4 is 11.7 Å². The van der Waals surface area contributed by atoms with Crippen molar-refractivity contribution in [3.8, 4) is 17.2 Å². The zero-order valence-corrected chi connectivity index (χ0v) is 20.5. The third-order valence-corrected chi connectivity index (χ3v) is 8.25. The molecule has 1 aromatic heterocycles. The molecule has 2 aliphatic carbocycles. The van der Waals surface area contributed by atoms with E-state index in [0.29, 0.717) is 60.5 Å². The molecule has 0 unspecified atom stereocenters. The molecule has 2 saturated carbocycles. The minimum absolute atomic E-state index is 0.0405. The fraction of sp³-hybridized carbons (Fsp3) is 0.379. The molecule has 196 valence electrons. The molecule has 6 nitrogen and oxygen atoms in total. The highest BCUT2D eigenvalue weighted by molar-refractivity contribution is 5.93. The van der Waals surface area contributed by atoms with E-state index in [1.807, 2.05) is 24.3 Å². The summed E-state index contributed by atoms with van der Waals surface area (Å²) in [5, 5.41) is 2.78. The van der Waals surface area contributed by atoms with Gasteiger partial charge in [0.15, 0.2) is 0 Å². The summed E-state index contributed by atoms with van der Waals surface area (Å²) in [7, 11) is 0. The van der Waals surface area contributed by atoms with Crippen LogP contribution in [0.5, 0.6) is 17.2 Å². The molecule has 3 N–H and O–H groups in total. The van der Waals surface area contributed by atoms with E-state index in [-0.39, 0.29) is 23.8 Å². The molecular formula is C29H26F3N3O3. The fourth-order valence-electron chi connectivity index (χ4n) is 5.88. The van der Waals surface area contributed by atoms with E-state index in [4.69, 9.17) is 15.2 Å². The van der Waals surface area contributed by atoms with Crippen LogP contribution in [0.3, 0.4) is 0 Å². The molecule has 3 aromatic rings. The van der Waals surface area contributed by atoms with Gasteiger partial charge in [-0.25, -0.2) is 4.98 Å². The molecule has 4 aliphatic rings. The van der Waals surface area contributed by atoms with Crippen molar-refractivity contribution in [1.82, 2.24) is 4.98 Å². The monoisotopic (exact) mass is 521 g/mol. The first kappa shape index (κ1) is 23.5. The quantitative estimate of drug-likeness (QED) is 0.426. The Labute approximate surface area is 217 Å². The number of nitrogens with two attached hydrogens (primary N) is 1. The Morgan fingerprint density at radius 1 is 1.13 bits per heavy atom. The van der Waals surface area contributed by atoms with E-state index in [0.717, 1.165) is 23.3 Å². The lowest BCUT2D eigenvalue weighted by Gasteiger charge is -2.19. The third kappa shape index (κ3) is 4.09. The summed E-state index contributed by atoms with van der Waals surface area (Å²) in [4.78, 5) is 15.9. The van der Waals surface area contributed by atoms with Crippen LogP contribution in [-0.2, 0) is 29.4 Å². The van der Waals surface area contributed by atoms with Gasteiger partial charge in [0.2, 0.25) is 5.91 Å². The lowest BCUT2D eigenvalue weighted by Crippen LogP contribution is -2.20. The molecule has 0 radical (unpaired) electrons. The Balaban J connectivity index is 1.07. The van der Waals surface area contributed by atoms with Crippen molar-refractivity contribution in [3.05, 3.63) is 76.5 Å². The highest BCUT2D eigenvalue weighted by atomic mass is 19.4. The SMILES string of the molecule is NC1(c2cc(CC[C@@H]3[C@H]4Oc5ccc(Oc6ccnc7c6CCC(=O)N7)cc5[C@@H]34)cc(C(F)(F)F)c2)CC1. The Kier molecular flexibility index (Phi) is 5.08. The summed E-state index contributed by atoms with van der Waals surface area (Å²) in [5.41, 5.74) is 8.18. The minimum atomic E-state index is -4.40. The van der Waals surface area contributed by atoms with Crippen LogP contribution < -0.4 is 20.5 Å². The Morgan fingerprint density at radius 3 is 2.76 bits per heavy atom. The van der Waals surface area contributed by atoms with Crippen molar-refractivity contribution in [1.29, 1.82) is 0 Å². The van der Waals surface area contributed by atoms with Gasteiger partial charge in [0, 0.05) is 41.1 Å². The normalized spacial score (nSPS) is 24.0. The zero-order valence-electron chi connectivity index (χ0n) is 20.5. The lowest BCUT2D eigenvalue weighted by molar-refractivity contribution is -0.137. The van der Waals surface area contributed by atoms with E-state index in [9.17, 15) is 18.0 Å². The maximum Gasteiger partial charge on any atom is 0.416 e. The second kappa shape index (κ2) is 8.20. The third-order valence-electron chi connectivity index (χ3n) is 8.25. The number of amides is 1. The van der Waals surface area contributed by atoms with Crippen LogP contribution in [-0.4, -0.2) is 17.0 Å². The van der Waals surface area contributed by atoms with Crippen molar-refractivity contribution in [2.75, 3.05) is 5.32 Å². The number of pyridine rings is 1. The van der Waals surface area contributed by atoms with E-state index in [1.54, 1.807) is 12.3 Å². The van der Waals surface area contributed by atoms with Gasteiger partial charge in [-0.05, 0) is 79.6 Å². The Hall–Kier alpha value is -3.59. The molecular weight excluding hydrogens is 495 g/mol. The first-order chi connectivity index (χ1) is 18.2. The molecule has 3 atom stereocenters. The molecule has 38 heavy (non-hydrogen) atoms. The van der Waals surface area contributed by atoms with Crippen LogP contribution in [0.2, 0.25) is 0 Å². The lowest BCUT2D eigenvalue weighted by atomic mass is 9.95. The van der Waals surface area contributed by atoms with Gasteiger partial charge in [0.05, 0.1) is 5.56 Å². The molecule has 7 rings (SSSR count). The number of hydrogen-bond acceptors (Lipinski definition) is 5. The first-order valence-corrected chi connectivity index (χ1v) is 12.9. The van der Waals surface area contributed by atoms with Gasteiger partial charge < -0.3 is 20.5 Å². The highest BCUT2D eigenvalue weighted by Crippen LogP contribution is 2.60. The number of carbonyl (C=O) groups is 1. The van der Waals surface area contributed by atoms with Crippen molar-refractivity contribution in [3.63, 3.8) is 0 Å². The fourth-order valence-corrected chi connectivity index (χ4v) is 5.88. The molecule has 2 aromatic carbocycles. The average Bonchev–Trinajstić information content (AvgIpc) is 3.76. The predicted molar refractivity (Wildman–Crippen MR) is 133 cm³/mol. The van der Waals surface area contributed by atoms with Gasteiger partial charge in [-0.15, -0.1) is 0 Å². The maximum atomic E-state index is 13.5. The summed E-state index contributed by atoms with van der Waals surface area (Å²) in [6.45, 7) is 0. The summed E-state index contributed by atoms with van der Waals surface area (Å²) < 4.78 is 52.9. The van der Waals surface area contributed by atoms with E-state index in [1.165, 1.54) is 12.1 Å². The molecule has 2 fully saturated rings. The molecule has 0 saturated heterocycles. The summed E-state index contributed by atoms with van der Waals surface area (Å²) in [6, 6.07) is 11.8. The maximum absolute atomic E-state index is 13.5. The number of aryl methyl sites for hydroxylation is 1. The zero-order chi connectivity index (χ0) is 26.2. The number of nitrogens with zero attached hydrogens (tertiary/aromatic N) is 1.